The highest BCUT2D eigenvalue weighted by molar-refractivity contribution is 5.13. The van der Waals surface area contributed by atoms with Crippen molar-refractivity contribution in [2.24, 2.45) is 11.3 Å². The third-order valence-electron chi connectivity index (χ3n) is 4.30. The molecule has 0 amide bonds. The molecule has 0 aromatic rings. The molecular formula is C12H23NO3. The Balaban J connectivity index is 2.05. The molecule has 0 spiro atoms. The number of aliphatic hydroxyl groups excluding tert-OH is 2. The first-order valence-corrected chi connectivity index (χ1v) is 6.05. The summed E-state index contributed by atoms with van der Waals surface area (Å²) in [5.41, 5.74) is -0.498. The topological polar surface area (TPSA) is 61.7 Å². The zero-order valence-electron chi connectivity index (χ0n) is 10.4. The van der Waals surface area contributed by atoms with Crippen LogP contribution in [-0.2, 0) is 4.74 Å². The molecule has 0 radical (unpaired) electrons. The number of aliphatic hydroxyl groups is 2. The van der Waals surface area contributed by atoms with Crippen molar-refractivity contribution in [2.45, 2.75) is 44.9 Å². The van der Waals surface area contributed by atoms with Gasteiger partial charge in [0.2, 0.25) is 0 Å². The number of hydrogen-bond donors (Lipinski definition) is 3. The zero-order valence-corrected chi connectivity index (χ0v) is 10.4. The molecule has 94 valence electrons. The van der Waals surface area contributed by atoms with Crippen molar-refractivity contribution in [1.82, 2.24) is 5.32 Å². The standard InChI is InChI=1S/C12H23NO3/c1-11(2)9(8-4-5-16-10(8)11)13-12(3,6-14)7-15/h8-10,13-15H,4-7H2,1-3H3. The van der Waals surface area contributed by atoms with Gasteiger partial charge in [0.15, 0.2) is 0 Å². The summed E-state index contributed by atoms with van der Waals surface area (Å²) in [5, 5.41) is 22.0. The summed E-state index contributed by atoms with van der Waals surface area (Å²) in [5.74, 6) is 0.535. The monoisotopic (exact) mass is 229 g/mol. The molecule has 1 saturated carbocycles. The molecule has 16 heavy (non-hydrogen) atoms. The van der Waals surface area contributed by atoms with Gasteiger partial charge in [-0.25, -0.2) is 0 Å². The average Bonchev–Trinajstić information content (AvgIpc) is 2.72. The van der Waals surface area contributed by atoms with Gasteiger partial charge in [-0.15, -0.1) is 0 Å². The predicted molar refractivity (Wildman–Crippen MR) is 61.1 cm³/mol. The number of ether oxygens (including phenoxy) is 1. The molecule has 1 saturated heterocycles. The van der Waals surface area contributed by atoms with E-state index in [4.69, 9.17) is 4.74 Å². The van der Waals surface area contributed by atoms with E-state index in [9.17, 15) is 10.2 Å². The Bertz CT molecular complexity index is 263. The van der Waals surface area contributed by atoms with Gasteiger partial charge < -0.3 is 20.3 Å². The van der Waals surface area contributed by atoms with E-state index < -0.39 is 5.54 Å². The molecule has 1 heterocycles. The van der Waals surface area contributed by atoms with Crippen molar-refractivity contribution < 1.29 is 14.9 Å². The lowest BCUT2D eigenvalue weighted by atomic mass is 9.57. The summed E-state index contributed by atoms with van der Waals surface area (Å²) in [6, 6.07) is 0.323. The average molecular weight is 229 g/mol. The lowest BCUT2D eigenvalue weighted by Gasteiger charge is -2.57. The fraction of sp³-hybridized carbons (Fsp3) is 1.00. The molecule has 2 fully saturated rings. The molecule has 3 N–H and O–H groups in total. The molecule has 0 aromatic heterocycles. The van der Waals surface area contributed by atoms with Gasteiger partial charge in [-0.2, -0.15) is 0 Å². The molecular weight excluding hydrogens is 206 g/mol. The van der Waals surface area contributed by atoms with Crippen LogP contribution in [0.1, 0.15) is 27.2 Å². The molecule has 4 nitrogen and oxygen atoms in total. The normalized spacial score (nSPS) is 36.9. The lowest BCUT2D eigenvalue weighted by molar-refractivity contribution is -0.124. The van der Waals surface area contributed by atoms with Gasteiger partial charge in [-0.3, -0.25) is 0 Å². The summed E-state index contributed by atoms with van der Waals surface area (Å²) in [4.78, 5) is 0. The van der Waals surface area contributed by atoms with Crippen LogP contribution in [0.5, 0.6) is 0 Å². The third-order valence-corrected chi connectivity index (χ3v) is 4.30. The van der Waals surface area contributed by atoms with E-state index in [-0.39, 0.29) is 18.6 Å². The van der Waals surface area contributed by atoms with E-state index in [2.05, 4.69) is 19.2 Å². The summed E-state index contributed by atoms with van der Waals surface area (Å²) in [6.45, 7) is 6.97. The van der Waals surface area contributed by atoms with E-state index in [0.29, 0.717) is 18.1 Å². The fourth-order valence-corrected chi connectivity index (χ4v) is 3.13. The van der Waals surface area contributed by atoms with Gasteiger partial charge in [0, 0.05) is 24.0 Å². The third kappa shape index (κ3) is 1.68. The smallest absolute Gasteiger partial charge is 0.0685 e. The number of rotatable bonds is 4. The molecule has 1 aliphatic heterocycles. The van der Waals surface area contributed by atoms with Crippen LogP contribution in [0.25, 0.3) is 0 Å². The largest absolute Gasteiger partial charge is 0.394 e. The Hall–Kier alpha value is -0.160. The van der Waals surface area contributed by atoms with Gasteiger partial charge >= 0.3 is 0 Å². The number of hydrogen-bond acceptors (Lipinski definition) is 4. The van der Waals surface area contributed by atoms with Gasteiger partial charge in [0.05, 0.1) is 24.9 Å². The van der Waals surface area contributed by atoms with Crippen molar-refractivity contribution >= 4 is 0 Å². The highest BCUT2D eigenvalue weighted by Crippen LogP contribution is 2.52. The van der Waals surface area contributed by atoms with Crippen molar-refractivity contribution in [1.29, 1.82) is 0 Å². The zero-order chi connectivity index (χ0) is 12.0. The molecule has 3 atom stereocenters. The van der Waals surface area contributed by atoms with Gasteiger partial charge in [-0.05, 0) is 13.3 Å². The van der Waals surface area contributed by atoms with Crippen molar-refractivity contribution in [2.75, 3.05) is 19.8 Å². The first-order chi connectivity index (χ1) is 7.44. The quantitative estimate of drug-likeness (QED) is 0.641. The Morgan fingerprint density at radius 2 is 2.00 bits per heavy atom. The van der Waals surface area contributed by atoms with Crippen LogP contribution in [0.15, 0.2) is 0 Å². The minimum Gasteiger partial charge on any atom is -0.394 e. The van der Waals surface area contributed by atoms with Crippen LogP contribution in [0.4, 0.5) is 0 Å². The van der Waals surface area contributed by atoms with E-state index in [0.717, 1.165) is 13.0 Å². The van der Waals surface area contributed by atoms with Crippen LogP contribution >= 0.6 is 0 Å². The minimum atomic E-state index is -0.588. The maximum atomic E-state index is 9.31. The maximum Gasteiger partial charge on any atom is 0.0685 e. The van der Waals surface area contributed by atoms with E-state index in [1.54, 1.807) is 0 Å². The SMILES string of the molecule is CC(CO)(CO)NC1C2CCOC2C1(C)C. The summed E-state index contributed by atoms with van der Waals surface area (Å²) in [6.07, 6.45) is 1.42. The molecule has 2 aliphatic rings. The Labute approximate surface area is 97.0 Å². The first-order valence-electron chi connectivity index (χ1n) is 6.05. The maximum absolute atomic E-state index is 9.31. The molecule has 1 aliphatic carbocycles. The van der Waals surface area contributed by atoms with Crippen molar-refractivity contribution in [3.05, 3.63) is 0 Å². The van der Waals surface area contributed by atoms with E-state index in [1.165, 1.54) is 0 Å². The molecule has 0 bridgehead atoms. The second kappa shape index (κ2) is 3.95. The second-order valence-electron chi connectivity index (χ2n) is 6.06. The van der Waals surface area contributed by atoms with Crippen LogP contribution in [0.2, 0.25) is 0 Å². The van der Waals surface area contributed by atoms with Crippen LogP contribution < -0.4 is 5.32 Å². The predicted octanol–water partition coefficient (Wildman–Crippen LogP) is 0.133. The highest BCUT2D eigenvalue weighted by Gasteiger charge is 2.60. The summed E-state index contributed by atoms with van der Waals surface area (Å²) < 4.78 is 5.71. The Morgan fingerprint density at radius 1 is 1.38 bits per heavy atom. The van der Waals surface area contributed by atoms with E-state index in [1.807, 2.05) is 6.92 Å². The van der Waals surface area contributed by atoms with Gasteiger partial charge in [-0.1, -0.05) is 13.8 Å². The second-order valence-corrected chi connectivity index (χ2v) is 6.06. The van der Waals surface area contributed by atoms with Crippen LogP contribution in [0.3, 0.4) is 0 Å². The minimum absolute atomic E-state index is 0.0473. The first kappa shape index (κ1) is 12.3. The fourth-order valence-electron chi connectivity index (χ4n) is 3.13. The lowest BCUT2D eigenvalue weighted by Crippen LogP contribution is -2.70. The van der Waals surface area contributed by atoms with Crippen molar-refractivity contribution in [3.8, 4) is 0 Å². The van der Waals surface area contributed by atoms with Gasteiger partial charge in [0.1, 0.15) is 0 Å². The molecule has 2 rings (SSSR count). The van der Waals surface area contributed by atoms with E-state index >= 15 is 0 Å². The van der Waals surface area contributed by atoms with Gasteiger partial charge in [0.25, 0.3) is 0 Å². The Kier molecular flexibility index (Phi) is 3.03. The highest BCUT2D eigenvalue weighted by atomic mass is 16.5. The molecule has 4 heteroatoms. The van der Waals surface area contributed by atoms with Crippen LogP contribution in [0, 0.1) is 11.3 Å². The molecule has 0 aromatic carbocycles. The Morgan fingerprint density at radius 3 is 2.56 bits per heavy atom. The van der Waals surface area contributed by atoms with Crippen molar-refractivity contribution in [3.63, 3.8) is 0 Å². The molecule has 3 unspecified atom stereocenters. The summed E-state index contributed by atoms with van der Waals surface area (Å²) in [7, 11) is 0. The summed E-state index contributed by atoms with van der Waals surface area (Å²) >= 11 is 0. The number of fused-ring (bicyclic) bond motifs is 1. The number of nitrogens with one attached hydrogen (secondary N) is 1. The van der Waals surface area contributed by atoms with Crippen LogP contribution in [-0.4, -0.2) is 47.7 Å².